The first-order valence-electron chi connectivity index (χ1n) is 4.65. The Bertz CT molecular complexity index is 385. The maximum Gasteiger partial charge on any atom is 0.343 e. The molecule has 0 saturated heterocycles. The summed E-state index contributed by atoms with van der Waals surface area (Å²) in [6, 6.07) is 0. The highest BCUT2D eigenvalue weighted by Gasteiger charge is 2.06. The second-order valence-electron chi connectivity index (χ2n) is 2.90. The third kappa shape index (κ3) is 3.43. The molecule has 1 heterocycles. The minimum absolute atomic E-state index is 0.147. The van der Waals surface area contributed by atoms with Gasteiger partial charge in [0.25, 0.3) is 0 Å². The summed E-state index contributed by atoms with van der Waals surface area (Å²) in [5.41, 5.74) is -0.224. The fourth-order valence-corrected chi connectivity index (χ4v) is 2.03. The van der Waals surface area contributed by atoms with Gasteiger partial charge in [-0.05, 0) is 13.3 Å². The number of H-pyrrole nitrogens is 1. The Morgan fingerprint density at radius 1 is 1.67 bits per heavy atom. The summed E-state index contributed by atoms with van der Waals surface area (Å²) in [5, 5.41) is 15.3. The molecular weight excluding hydrogens is 218 g/mol. The van der Waals surface area contributed by atoms with Crippen LogP contribution in [-0.4, -0.2) is 31.6 Å². The number of nitrogens with one attached hydrogen (secondary N) is 1. The molecule has 0 bridgehead atoms. The van der Waals surface area contributed by atoms with Crippen LogP contribution in [0.2, 0.25) is 0 Å². The third-order valence-electron chi connectivity index (χ3n) is 1.81. The summed E-state index contributed by atoms with van der Waals surface area (Å²) in [6.45, 7) is 2.43. The van der Waals surface area contributed by atoms with Gasteiger partial charge in [-0.3, -0.25) is 9.36 Å². The molecule has 0 aromatic carbocycles. The number of rotatable bonds is 6. The summed E-state index contributed by atoms with van der Waals surface area (Å²) in [7, 11) is 0. The van der Waals surface area contributed by atoms with Crippen molar-refractivity contribution < 1.29 is 9.90 Å². The van der Waals surface area contributed by atoms with Gasteiger partial charge in [0, 0.05) is 18.7 Å². The first-order chi connectivity index (χ1) is 7.15. The summed E-state index contributed by atoms with van der Waals surface area (Å²) in [6.07, 6.45) is 0.721. The van der Waals surface area contributed by atoms with Crippen LogP contribution in [0.5, 0.6) is 0 Å². The number of aromatic nitrogens is 3. The van der Waals surface area contributed by atoms with Crippen molar-refractivity contribution in [1.82, 2.24) is 14.8 Å². The highest BCUT2D eigenvalue weighted by molar-refractivity contribution is 7.99. The molecule has 0 atom stereocenters. The van der Waals surface area contributed by atoms with Gasteiger partial charge in [-0.25, -0.2) is 9.89 Å². The molecule has 0 amide bonds. The van der Waals surface area contributed by atoms with Crippen molar-refractivity contribution in [1.29, 1.82) is 0 Å². The summed E-state index contributed by atoms with van der Waals surface area (Å²) in [5.74, 6) is -0.151. The molecular formula is C8H13N3O3S. The molecule has 2 N–H and O–H groups in total. The largest absolute Gasteiger partial charge is 0.481 e. The van der Waals surface area contributed by atoms with Gasteiger partial charge in [0.2, 0.25) is 0 Å². The average Bonchev–Trinajstić information content (AvgIpc) is 2.53. The van der Waals surface area contributed by atoms with Crippen LogP contribution in [0, 0.1) is 0 Å². The van der Waals surface area contributed by atoms with Gasteiger partial charge in [-0.2, -0.15) is 0 Å². The molecule has 6 nitrogen and oxygen atoms in total. The lowest BCUT2D eigenvalue weighted by atomic mass is 10.3. The lowest BCUT2D eigenvalue weighted by molar-refractivity contribution is -0.137. The summed E-state index contributed by atoms with van der Waals surface area (Å²) < 4.78 is 1.52. The SMILES string of the molecule is CCn1c(SCCCC(=O)O)n[nH]c1=O. The van der Waals surface area contributed by atoms with Gasteiger partial charge in [0.15, 0.2) is 5.16 Å². The van der Waals surface area contributed by atoms with Crippen LogP contribution in [0.3, 0.4) is 0 Å². The zero-order valence-corrected chi connectivity index (χ0v) is 9.21. The van der Waals surface area contributed by atoms with Gasteiger partial charge in [0.05, 0.1) is 0 Å². The van der Waals surface area contributed by atoms with E-state index in [-0.39, 0.29) is 12.1 Å². The number of aromatic amines is 1. The molecule has 0 aliphatic carbocycles. The highest BCUT2D eigenvalue weighted by Crippen LogP contribution is 2.14. The monoisotopic (exact) mass is 231 g/mol. The molecule has 15 heavy (non-hydrogen) atoms. The number of nitrogens with zero attached hydrogens (tertiary/aromatic N) is 2. The lowest BCUT2D eigenvalue weighted by Crippen LogP contribution is -2.16. The number of hydrogen-bond donors (Lipinski definition) is 2. The van der Waals surface area contributed by atoms with Crippen LogP contribution in [-0.2, 0) is 11.3 Å². The Hall–Kier alpha value is -1.24. The zero-order valence-electron chi connectivity index (χ0n) is 8.39. The van der Waals surface area contributed by atoms with Crippen LogP contribution in [0.4, 0.5) is 0 Å². The van der Waals surface area contributed by atoms with Gasteiger partial charge in [0.1, 0.15) is 0 Å². The first-order valence-corrected chi connectivity index (χ1v) is 5.63. The van der Waals surface area contributed by atoms with E-state index in [2.05, 4.69) is 10.2 Å². The number of hydrogen-bond acceptors (Lipinski definition) is 4. The number of carboxylic acid groups (broad SMARTS) is 1. The highest BCUT2D eigenvalue weighted by atomic mass is 32.2. The van der Waals surface area contributed by atoms with Gasteiger partial charge >= 0.3 is 11.7 Å². The normalized spacial score (nSPS) is 10.5. The first kappa shape index (κ1) is 11.8. The van der Waals surface area contributed by atoms with E-state index in [0.717, 1.165) is 0 Å². The van der Waals surface area contributed by atoms with E-state index in [1.165, 1.54) is 16.3 Å². The van der Waals surface area contributed by atoms with Crippen molar-refractivity contribution >= 4 is 17.7 Å². The van der Waals surface area contributed by atoms with Crippen LogP contribution in [0.1, 0.15) is 19.8 Å². The van der Waals surface area contributed by atoms with Crippen molar-refractivity contribution in [2.75, 3.05) is 5.75 Å². The molecule has 0 fully saturated rings. The molecule has 1 aromatic rings. The Balaban J connectivity index is 2.43. The van der Waals surface area contributed by atoms with Crippen molar-refractivity contribution in [2.24, 2.45) is 0 Å². The maximum atomic E-state index is 11.1. The molecule has 0 unspecified atom stereocenters. The quantitative estimate of drug-likeness (QED) is 0.551. The molecule has 0 spiro atoms. The molecule has 0 aliphatic heterocycles. The van der Waals surface area contributed by atoms with Crippen molar-refractivity contribution in [3.8, 4) is 0 Å². The Morgan fingerprint density at radius 2 is 2.40 bits per heavy atom. The van der Waals surface area contributed by atoms with E-state index in [9.17, 15) is 9.59 Å². The topological polar surface area (TPSA) is 88.0 Å². The molecule has 0 aliphatic rings. The van der Waals surface area contributed by atoms with Gasteiger partial charge in [-0.1, -0.05) is 11.8 Å². The number of carbonyl (C=O) groups is 1. The number of thioether (sulfide) groups is 1. The van der Waals surface area contributed by atoms with Crippen molar-refractivity contribution in [3.63, 3.8) is 0 Å². The molecule has 7 heteroatoms. The fourth-order valence-electron chi connectivity index (χ4n) is 1.08. The van der Waals surface area contributed by atoms with E-state index < -0.39 is 5.97 Å². The second kappa shape index (κ2) is 5.59. The average molecular weight is 231 g/mol. The van der Waals surface area contributed by atoms with E-state index in [4.69, 9.17) is 5.11 Å². The molecule has 0 radical (unpaired) electrons. The Labute approximate surface area is 90.7 Å². The molecule has 1 aromatic heterocycles. The van der Waals surface area contributed by atoms with Crippen LogP contribution >= 0.6 is 11.8 Å². The van der Waals surface area contributed by atoms with Gasteiger partial charge in [-0.15, -0.1) is 5.10 Å². The standard InChI is InChI=1S/C8H13N3O3S/c1-2-11-7(14)9-10-8(11)15-5-3-4-6(12)13/h2-5H2,1H3,(H,9,14)(H,12,13). The smallest absolute Gasteiger partial charge is 0.343 e. The predicted octanol–water partition coefficient (Wildman–Crippen LogP) is 0.548. The zero-order chi connectivity index (χ0) is 11.3. The van der Waals surface area contributed by atoms with E-state index >= 15 is 0 Å². The van der Waals surface area contributed by atoms with Crippen molar-refractivity contribution in [2.45, 2.75) is 31.5 Å². The molecule has 84 valence electrons. The summed E-state index contributed by atoms with van der Waals surface area (Å²) in [4.78, 5) is 21.4. The Kier molecular flexibility index (Phi) is 4.41. The third-order valence-corrected chi connectivity index (χ3v) is 2.87. The maximum absolute atomic E-state index is 11.1. The summed E-state index contributed by atoms with van der Waals surface area (Å²) >= 11 is 1.39. The van der Waals surface area contributed by atoms with Crippen molar-refractivity contribution in [3.05, 3.63) is 10.5 Å². The Morgan fingerprint density at radius 3 is 3.00 bits per heavy atom. The predicted molar refractivity (Wildman–Crippen MR) is 56.1 cm³/mol. The van der Waals surface area contributed by atoms with Crippen LogP contribution in [0.25, 0.3) is 0 Å². The lowest BCUT2D eigenvalue weighted by Gasteiger charge is -2.00. The van der Waals surface area contributed by atoms with Crippen LogP contribution in [0.15, 0.2) is 9.95 Å². The fraction of sp³-hybridized carbons (Fsp3) is 0.625. The second-order valence-corrected chi connectivity index (χ2v) is 3.96. The van der Waals surface area contributed by atoms with Gasteiger partial charge < -0.3 is 5.11 Å². The van der Waals surface area contributed by atoms with E-state index in [1.807, 2.05) is 6.92 Å². The minimum Gasteiger partial charge on any atom is -0.481 e. The molecule has 0 saturated carbocycles. The van der Waals surface area contributed by atoms with E-state index in [0.29, 0.717) is 23.9 Å². The minimum atomic E-state index is -0.800. The van der Waals surface area contributed by atoms with Crippen LogP contribution < -0.4 is 5.69 Å². The number of aliphatic carboxylic acids is 1. The van der Waals surface area contributed by atoms with E-state index in [1.54, 1.807) is 0 Å². The molecule has 1 rings (SSSR count). The number of carboxylic acids is 1.